The standard InChI is InChI=1S/C14H26N4S/c1-5-15-13-17-16-12(19-13)10-18-8-6-11(7-9-18)14(2,3)4/h11H,5-10H2,1-4H3,(H,15,17). The molecule has 1 N–H and O–H groups in total. The van der Waals surface area contributed by atoms with E-state index in [1.54, 1.807) is 11.3 Å². The van der Waals surface area contributed by atoms with Gasteiger partial charge < -0.3 is 5.32 Å². The summed E-state index contributed by atoms with van der Waals surface area (Å²) < 4.78 is 0. The Morgan fingerprint density at radius 1 is 1.26 bits per heavy atom. The highest BCUT2D eigenvalue weighted by Crippen LogP contribution is 2.34. The lowest BCUT2D eigenvalue weighted by molar-refractivity contribution is 0.108. The first-order chi connectivity index (χ1) is 8.99. The highest BCUT2D eigenvalue weighted by atomic mass is 32.1. The van der Waals surface area contributed by atoms with Crippen molar-refractivity contribution < 1.29 is 0 Å². The molecule has 0 unspecified atom stereocenters. The van der Waals surface area contributed by atoms with Crippen LogP contribution in [0.5, 0.6) is 0 Å². The van der Waals surface area contributed by atoms with Crippen LogP contribution in [0.2, 0.25) is 0 Å². The van der Waals surface area contributed by atoms with Crippen LogP contribution in [0.1, 0.15) is 45.5 Å². The van der Waals surface area contributed by atoms with Gasteiger partial charge in [0.05, 0.1) is 6.54 Å². The minimum Gasteiger partial charge on any atom is -0.360 e. The minimum atomic E-state index is 0.451. The number of nitrogens with zero attached hydrogens (tertiary/aromatic N) is 3. The summed E-state index contributed by atoms with van der Waals surface area (Å²) in [5, 5.41) is 13.7. The molecule has 0 saturated carbocycles. The van der Waals surface area contributed by atoms with Gasteiger partial charge in [0.25, 0.3) is 0 Å². The Labute approximate surface area is 120 Å². The molecule has 0 aromatic carbocycles. The Hall–Kier alpha value is -0.680. The average molecular weight is 282 g/mol. The lowest BCUT2D eigenvalue weighted by Gasteiger charge is -2.38. The van der Waals surface area contributed by atoms with E-state index in [9.17, 15) is 0 Å². The molecule has 1 aromatic heterocycles. The third-order valence-electron chi connectivity index (χ3n) is 3.97. The number of piperidine rings is 1. The van der Waals surface area contributed by atoms with Crippen molar-refractivity contribution in [3.05, 3.63) is 5.01 Å². The van der Waals surface area contributed by atoms with Gasteiger partial charge in [-0.25, -0.2) is 0 Å². The number of hydrogen-bond acceptors (Lipinski definition) is 5. The summed E-state index contributed by atoms with van der Waals surface area (Å²) in [5.74, 6) is 0.857. The van der Waals surface area contributed by atoms with E-state index in [1.807, 2.05) is 0 Å². The molecular formula is C14H26N4S. The molecule has 0 aliphatic carbocycles. The number of anilines is 1. The number of nitrogens with one attached hydrogen (secondary N) is 1. The summed E-state index contributed by atoms with van der Waals surface area (Å²) in [5.41, 5.74) is 0.451. The second-order valence-corrected chi connectivity index (χ2v) is 7.51. The summed E-state index contributed by atoms with van der Waals surface area (Å²) in [6, 6.07) is 0. The van der Waals surface area contributed by atoms with Crippen LogP contribution in [0.4, 0.5) is 5.13 Å². The van der Waals surface area contributed by atoms with Crippen molar-refractivity contribution in [3.63, 3.8) is 0 Å². The van der Waals surface area contributed by atoms with Crippen LogP contribution in [0.25, 0.3) is 0 Å². The Morgan fingerprint density at radius 2 is 1.95 bits per heavy atom. The van der Waals surface area contributed by atoms with Gasteiger partial charge in [-0.1, -0.05) is 32.1 Å². The first-order valence-corrected chi connectivity index (χ1v) is 8.09. The Bertz CT molecular complexity index is 388. The van der Waals surface area contributed by atoms with Gasteiger partial charge in [-0.15, -0.1) is 10.2 Å². The topological polar surface area (TPSA) is 41.1 Å². The number of hydrogen-bond donors (Lipinski definition) is 1. The lowest BCUT2D eigenvalue weighted by atomic mass is 9.75. The summed E-state index contributed by atoms with van der Waals surface area (Å²) in [6.45, 7) is 13.4. The number of rotatable bonds is 4. The normalized spacial score (nSPS) is 18.7. The Morgan fingerprint density at radius 3 is 2.53 bits per heavy atom. The van der Waals surface area contributed by atoms with E-state index in [0.717, 1.165) is 29.1 Å². The zero-order valence-corrected chi connectivity index (χ0v) is 13.4. The lowest BCUT2D eigenvalue weighted by Crippen LogP contribution is -2.37. The van der Waals surface area contributed by atoms with Crippen molar-refractivity contribution in [2.45, 2.75) is 47.1 Å². The molecule has 4 nitrogen and oxygen atoms in total. The largest absolute Gasteiger partial charge is 0.360 e. The third-order valence-corrected chi connectivity index (χ3v) is 4.83. The molecule has 0 atom stereocenters. The monoisotopic (exact) mass is 282 g/mol. The molecule has 2 rings (SSSR count). The van der Waals surface area contributed by atoms with Crippen LogP contribution in [0, 0.1) is 11.3 Å². The van der Waals surface area contributed by atoms with Gasteiger partial charge in [0.2, 0.25) is 5.13 Å². The van der Waals surface area contributed by atoms with Gasteiger partial charge in [-0.3, -0.25) is 4.90 Å². The van der Waals surface area contributed by atoms with Crippen molar-refractivity contribution in [1.82, 2.24) is 15.1 Å². The maximum atomic E-state index is 4.26. The predicted octanol–water partition coefficient (Wildman–Crippen LogP) is 3.23. The van der Waals surface area contributed by atoms with Crippen molar-refractivity contribution >= 4 is 16.5 Å². The molecule has 2 heterocycles. The van der Waals surface area contributed by atoms with E-state index in [1.165, 1.54) is 25.9 Å². The molecule has 0 bridgehead atoms. The molecule has 1 saturated heterocycles. The summed E-state index contributed by atoms with van der Waals surface area (Å²) in [6.07, 6.45) is 2.62. The fourth-order valence-corrected chi connectivity index (χ4v) is 3.54. The molecule has 0 spiro atoms. The van der Waals surface area contributed by atoms with E-state index in [2.05, 4.69) is 48.1 Å². The van der Waals surface area contributed by atoms with E-state index in [-0.39, 0.29) is 0 Å². The Kier molecular flexibility index (Phi) is 4.79. The summed E-state index contributed by atoms with van der Waals surface area (Å²) in [4.78, 5) is 2.51. The zero-order chi connectivity index (χ0) is 13.9. The number of likely N-dealkylation sites (tertiary alicyclic amines) is 1. The molecular weight excluding hydrogens is 256 g/mol. The van der Waals surface area contributed by atoms with Crippen molar-refractivity contribution in [2.24, 2.45) is 11.3 Å². The summed E-state index contributed by atoms with van der Waals surface area (Å²) >= 11 is 1.68. The van der Waals surface area contributed by atoms with Gasteiger partial charge in [0.15, 0.2) is 0 Å². The smallest absolute Gasteiger partial charge is 0.205 e. The van der Waals surface area contributed by atoms with Gasteiger partial charge in [0.1, 0.15) is 5.01 Å². The van der Waals surface area contributed by atoms with Gasteiger partial charge in [-0.2, -0.15) is 0 Å². The van der Waals surface area contributed by atoms with Crippen LogP contribution in [-0.4, -0.2) is 34.7 Å². The Balaban J connectivity index is 1.82. The van der Waals surface area contributed by atoms with E-state index >= 15 is 0 Å². The third kappa shape index (κ3) is 4.14. The first-order valence-electron chi connectivity index (χ1n) is 7.27. The fraction of sp³-hybridized carbons (Fsp3) is 0.857. The first kappa shape index (κ1) is 14.7. The highest BCUT2D eigenvalue weighted by Gasteiger charge is 2.28. The van der Waals surface area contributed by atoms with E-state index in [4.69, 9.17) is 0 Å². The van der Waals surface area contributed by atoms with E-state index < -0.39 is 0 Å². The molecule has 5 heteroatoms. The van der Waals surface area contributed by atoms with Crippen LogP contribution in [0.15, 0.2) is 0 Å². The molecule has 1 aliphatic heterocycles. The predicted molar refractivity (Wildman–Crippen MR) is 81.5 cm³/mol. The maximum Gasteiger partial charge on any atom is 0.205 e. The van der Waals surface area contributed by atoms with Crippen molar-refractivity contribution in [1.29, 1.82) is 0 Å². The molecule has 1 aliphatic rings. The second kappa shape index (κ2) is 6.18. The molecule has 19 heavy (non-hydrogen) atoms. The van der Waals surface area contributed by atoms with E-state index in [0.29, 0.717) is 5.41 Å². The van der Waals surface area contributed by atoms with Gasteiger partial charge in [0, 0.05) is 6.54 Å². The average Bonchev–Trinajstić information content (AvgIpc) is 2.77. The summed E-state index contributed by atoms with van der Waals surface area (Å²) in [7, 11) is 0. The fourth-order valence-electron chi connectivity index (χ4n) is 2.69. The molecule has 108 valence electrons. The van der Waals surface area contributed by atoms with Crippen LogP contribution >= 0.6 is 11.3 Å². The number of aromatic nitrogens is 2. The second-order valence-electron chi connectivity index (χ2n) is 6.45. The molecule has 0 amide bonds. The van der Waals surface area contributed by atoms with Crippen molar-refractivity contribution in [2.75, 3.05) is 25.0 Å². The quantitative estimate of drug-likeness (QED) is 0.920. The zero-order valence-electron chi connectivity index (χ0n) is 12.6. The van der Waals surface area contributed by atoms with Crippen LogP contribution in [-0.2, 0) is 6.54 Å². The van der Waals surface area contributed by atoms with Crippen LogP contribution < -0.4 is 5.32 Å². The molecule has 1 fully saturated rings. The van der Waals surface area contributed by atoms with Crippen molar-refractivity contribution in [3.8, 4) is 0 Å². The highest BCUT2D eigenvalue weighted by molar-refractivity contribution is 7.15. The molecule has 0 radical (unpaired) electrons. The minimum absolute atomic E-state index is 0.451. The molecule has 1 aromatic rings. The van der Waals surface area contributed by atoms with Gasteiger partial charge in [-0.05, 0) is 44.2 Å². The maximum absolute atomic E-state index is 4.26. The van der Waals surface area contributed by atoms with Crippen LogP contribution in [0.3, 0.4) is 0 Å². The van der Waals surface area contributed by atoms with Gasteiger partial charge >= 0.3 is 0 Å². The SMILES string of the molecule is CCNc1nnc(CN2CCC(C(C)(C)C)CC2)s1.